The van der Waals surface area contributed by atoms with Crippen molar-refractivity contribution in [1.82, 2.24) is 0 Å². The predicted octanol–water partition coefficient (Wildman–Crippen LogP) is 5.36. The highest BCUT2D eigenvalue weighted by Gasteiger charge is 1.93. The van der Waals surface area contributed by atoms with E-state index in [0.29, 0.717) is 0 Å². The summed E-state index contributed by atoms with van der Waals surface area (Å²) in [6.07, 6.45) is 14.4. The van der Waals surface area contributed by atoms with Gasteiger partial charge in [-0.3, -0.25) is 0 Å². The molecule has 14 heavy (non-hydrogen) atoms. The van der Waals surface area contributed by atoms with E-state index in [-0.39, 0.29) is 0 Å². The molecule has 84 valence electrons. The zero-order chi connectivity index (χ0) is 10.6. The quantitative estimate of drug-likeness (QED) is 0.233. The van der Waals surface area contributed by atoms with Crippen LogP contribution in [0.5, 0.6) is 0 Å². The van der Waals surface area contributed by atoms with Crippen LogP contribution in [0.25, 0.3) is 0 Å². The van der Waals surface area contributed by atoms with Gasteiger partial charge in [0.25, 0.3) is 0 Å². The Bertz CT molecular complexity index is 129. The number of rotatable bonds is 9. The maximum atomic E-state index is 2.45. The Morgan fingerprint density at radius 1 is 1.14 bits per heavy atom. The van der Waals surface area contributed by atoms with Crippen LogP contribution in [-0.2, 0) is 0 Å². The molecule has 0 fully saturated rings. The first kappa shape index (κ1) is 14.5. The molecule has 1 heteroatoms. The fourth-order valence-electron chi connectivity index (χ4n) is 1.46. The first-order chi connectivity index (χ1) is 6.81. The maximum Gasteiger partial charge on any atom is 0.0000771 e. The van der Waals surface area contributed by atoms with E-state index in [0.717, 1.165) is 5.92 Å². The van der Waals surface area contributed by atoms with Crippen molar-refractivity contribution < 1.29 is 0 Å². The van der Waals surface area contributed by atoms with E-state index in [1.165, 1.54) is 49.4 Å². The smallest absolute Gasteiger partial charge is 0.0000771 e. The Hall–Kier alpha value is 0.470. The Balaban J connectivity index is 3.17. The number of hydrogen-bond donors (Lipinski definition) is 0. The summed E-state index contributed by atoms with van der Waals surface area (Å²) >= 11 is 2.45. The van der Waals surface area contributed by atoms with E-state index >= 15 is 0 Å². The van der Waals surface area contributed by atoms with E-state index in [4.69, 9.17) is 0 Å². The SMILES string of the molecule is CCCCCCC/C=C/[C@@H](C)CCI. The zero-order valence-electron chi connectivity index (χ0n) is 9.77. The van der Waals surface area contributed by atoms with Crippen molar-refractivity contribution in [2.45, 2.75) is 58.8 Å². The van der Waals surface area contributed by atoms with Gasteiger partial charge in [-0.25, -0.2) is 0 Å². The molecule has 0 saturated carbocycles. The molecule has 0 aromatic rings. The molecule has 1 atom stereocenters. The van der Waals surface area contributed by atoms with Crippen molar-refractivity contribution in [2.75, 3.05) is 4.43 Å². The summed E-state index contributed by atoms with van der Waals surface area (Å²) in [6, 6.07) is 0. The molecule has 0 saturated heterocycles. The van der Waals surface area contributed by atoms with Crippen LogP contribution in [0.1, 0.15) is 58.8 Å². The Kier molecular flexibility index (Phi) is 11.9. The molecule has 0 aliphatic carbocycles. The van der Waals surface area contributed by atoms with Crippen LogP contribution in [0.15, 0.2) is 12.2 Å². The van der Waals surface area contributed by atoms with Crippen LogP contribution in [0.2, 0.25) is 0 Å². The molecule has 0 radical (unpaired) electrons. The van der Waals surface area contributed by atoms with Crippen molar-refractivity contribution >= 4 is 22.6 Å². The van der Waals surface area contributed by atoms with Crippen LogP contribution in [0.4, 0.5) is 0 Å². The molecule has 0 bridgehead atoms. The lowest BCUT2D eigenvalue weighted by Gasteiger charge is -2.01. The topological polar surface area (TPSA) is 0 Å². The minimum Gasteiger partial charge on any atom is -0.0883 e. The lowest BCUT2D eigenvalue weighted by molar-refractivity contribution is 0.634. The van der Waals surface area contributed by atoms with Gasteiger partial charge in [0.1, 0.15) is 0 Å². The van der Waals surface area contributed by atoms with Crippen molar-refractivity contribution in [1.29, 1.82) is 0 Å². The van der Waals surface area contributed by atoms with Gasteiger partial charge in [-0.2, -0.15) is 0 Å². The van der Waals surface area contributed by atoms with Crippen molar-refractivity contribution in [3.05, 3.63) is 12.2 Å². The summed E-state index contributed by atoms with van der Waals surface area (Å²) in [7, 11) is 0. The van der Waals surface area contributed by atoms with Crippen LogP contribution in [0.3, 0.4) is 0 Å². The lowest BCUT2D eigenvalue weighted by atomic mass is 10.1. The highest BCUT2D eigenvalue weighted by Crippen LogP contribution is 2.09. The average molecular weight is 308 g/mol. The van der Waals surface area contributed by atoms with Gasteiger partial charge in [0, 0.05) is 4.43 Å². The van der Waals surface area contributed by atoms with Gasteiger partial charge in [-0.15, -0.1) is 0 Å². The minimum atomic E-state index is 0.780. The van der Waals surface area contributed by atoms with E-state index in [1.54, 1.807) is 0 Å². The molecule has 0 amide bonds. The monoisotopic (exact) mass is 308 g/mol. The molecule has 0 aliphatic heterocycles. The van der Waals surface area contributed by atoms with Gasteiger partial charge in [0.15, 0.2) is 0 Å². The summed E-state index contributed by atoms with van der Waals surface area (Å²) in [5.41, 5.74) is 0. The van der Waals surface area contributed by atoms with Crippen LogP contribution in [-0.4, -0.2) is 4.43 Å². The van der Waals surface area contributed by atoms with Crippen molar-refractivity contribution in [3.8, 4) is 0 Å². The Labute approximate surface area is 104 Å². The summed E-state index contributed by atoms with van der Waals surface area (Å²) in [5, 5.41) is 0. The van der Waals surface area contributed by atoms with Gasteiger partial charge in [0.05, 0.1) is 0 Å². The number of unbranched alkanes of at least 4 members (excludes halogenated alkanes) is 5. The molecule has 0 spiro atoms. The third-order valence-electron chi connectivity index (χ3n) is 2.50. The Morgan fingerprint density at radius 2 is 1.86 bits per heavy atom. The number of halogens is 1. The molecular weight excluding hydrogens is 283 g/mol. The fraction of sp³-hybridized carbons (Fsp3) is 0.846. The molecule has 0 nitrogen and oxygen atoms in total. The van der Waals surface area contributed by atoms with Gasteiger partial charge in [-0.1, -0.05) is 74.3 Å². The van der Waals surface area contributed by atoms with E-state index in [2.05, 4.69) is 48.6 Å². The van der Waals surface area contributed by atoms with E-state index in [9.17, 15) is 0 Å². The van der Waals surface area contributed by atoms with Crippen LogP contribution in [0, 0.1) is 5.92 Å². The first-order valence-corrected chi connectivity index (χ1v) is 7.56. The second kappa shape index (κ2) is 11.5. The maximum absolute atomic E-state index is 2.45. The molecule has 0 N–H and O–H groups in total. The summed E-state index contributed by atoms with van der Waals surface area (Å²) in [5.74, 6) is 0.780. The fourth-order valence-corrected chi connectivity index (χ4v) is 2.45. The molecule has 0 aliphatic rings. The highest BCUT2D eigenvalue weighted by molar-refractivity contribution is 14.1. The molecule has 0 aromatic heterocycles. The summed E-state index contributed by atoms with van der Waals surface area (Å²) in [4.78, 5) is 0. The third-order valence-corrected chi connectivity index (χ3v) is 3.13. The predicted molar refractivity (Wildman–Crippen MR) is 75.2 cm³/mol. The summed E-state index contributed by atoms with van der Waals surface area (Å²) < 4.78 is 1.28. The van der Waals surface area contributed by atoms with Crippen molar-refractivity contribution in [2.24, 2.45) is 5.92 Å². The van der Waals surface area contributed by atoms with Gasteiger partial charge >= 0.3 is 0 Å². The third kappa shape index (κ3) is 10.6. The van der Waals surface area contributed by atoms with Gasteiger partial charge in [0.2, 0.25) is 0 Å². The van der Waals surface area contributed by atoms with Gasteiger partial charge < -0.3 is 0 Å². The molecule has 0 aromatic carbocycles. The number of hydrogen-bond acceptors (Lipinski definition) is 0. The molecule has 0 unspecified atom stereocenters. The summed E-state index contributed by atoms with van der Waals surface area (Å²) in [6.45, 7) is 4.58. The highest BCUT2D eigenvalue weighted by atomic mass is 127. The molecule has 0 rings (SSSR count). The average Bonchev–Trinajstić information content (AvgIpc) is 2.17. The minimum absolute atomic E-state index is 0.780. The second-order valence-corrected chi connectivity index (χ2v) is 5.16. The number of alkyl halides is 1. The lowest BCUT2D eigenvalue weighted by Crippen LogP contribution is -1.89. The standard InChI is InChI=1S/C13H25I/c1-3-4-5-6-7-8-9-10-13(2)11-12-14/h9-10,13H,3-8,11-12H2,1-2H3/b10-9+/t13-/m1/s1. The first-order valence-electron chi connectivity index (χ1n) is 6.03. The van der Waals surface area contributed by atoms with E-state index < -0.39 is 0 Å². The van der Waals surface area contributed by atoms with Crippen LogP contribution >= 0.6 is 22.6 Å². The number of allylic oxidation sites excluding steroid dienone is 2. The normalized spacial score (nSPS) is 13.6. The van der Waals surface area contributed by atoms with Gasteiger partial charge in [-0.05, 0) is 25.2 Å². The molecular formula is C13H25I. The zero-order valence-corrected chi connectivity index (χ0v) is 11.9. The van der Waals surface area contributed by atoms with Crippen LogP contribution < -0.4 is 0 Å². The second-order valence-electron chi connectivity index (χ2n) is 4.09. The largest absolute Gasteiger partial charge is 0.0883 e. The molecule has 0 heterocycles. The van der Waals surface area contributed by atoms with E-state index in [1.807, 2.05) is 0 Å². The van der Waals surface area contributed by atoms with Crippen molar-refractivity contribution in [3.63, 3.8) is 0 Å². The Morgan fingerprint density at radius 3 is 2.50 bits per heavy atom.